The fourth-order valence-corrected chi connectivity index (χ4v) is 0. The van der Waals surface area contributed by atoms with Crippen LogP contribution in [0.5, 0.6) is 0 Å². The Morgan fingerprint density at radius 2 is 0.875 bits per heavy atom. The first kappa shape index (κ1) is 29.5. The van der Waals surface area contributed by atoms with Gasteiger partial charge in [-0.1, -0.05) is 0 Å². The molecule has 0 aromatic carbocycles. The van der Waals surface area contributed by atoms with Crippen LogP contribution < -0.4 is 95.1 Å². The van der Waals surface area contributed by atoms with Crippen molar-refractivity contribution < 1.29 is 95.1 Å². The molecule has 0 heterocycles. The standard InChI is InChI=1S/Al.5ClH.K.Li/h;5*1H;;/q+3;;;;;;2*+1/p-5. The third-order valence-corrected chi connectivity index (χ3v) is 0. The summed E-state index contributed by atoms with van der Waals surface area (Å²) in [6, 6.07) is 0. The Balaban J connectivity index is -0.00000000750. The van der Waals surface area contributed by atoms with Crippen LogP contribution in [0.1, 0.15) is 0 Å². The summed E-state index contributed by atoms with van der Waals surface area (Å²) in [5.74, 6) is 0. The largest absolute Gasteiger partial charge is 1.00 e. The van der Waals surface area contributed by atoms with Crippen molar-refractivity contribution in [1.29, 1.82) is 0 Å². The molecule has 0 unspecified atom stereocenters. The molecule has 0 fully saturated rings. The van der Waals surface area contributed by atoms with Crippen LogP contribution >= 0.6 is 30.1 Å². The summed E-state index contributed by atoms with van der Waals surface area (Å²) in [5.41, 5.74) is 0. The van der Waals surface area contributed by atoms with Gasteiger partial charge in [0.2, 0.25) is 0 Å². The van der Waals surface area contributed by atoms with Crippen molar-refractivity contribution in [2.45, 2.75) is 0 Å². The molecule has 0 aliphatic heterocycles. The maximum atomic E-state index is 4.94. The van der Waals surface area contributed by atoms with Crippen LogP contribution in [-0.2, 0) is 0 Å². The van der Waals surface area contributed by atoms with Crippen LogP contribution in [-0.4, -0.2) is 11.4 Å². The summed E-state index contributed by atoms with van der Waals surface area (Å²) >= 11 is -1.72. The van der Waals surface area contributed by atoms with Gasteiger partial charge in [-0.3, -0.25) is 0 Å². The van der Waals surface area contributed by atoms with Gasteiger partial charge in [-0.05, 0) is 0 Å². The number of hydrogen-bond acceptors (Lipinski definition) is 0. The van der Waals surface area contributed by atoms with Crippen molar-refractivity contribution in [2.75, 3.05) is 0 Å². The molecule has 0 atom stereocenters. The minimum absolute atomic E-state index is 0. The average Bonchev–Trinajstić information content (AvgIpc) is 0.811. The van der Waals surface area contributed by atoms with Crippen LogP contribution in [0.25, 0.3) is 0 Å². The van der Waals surface area contributed by atoms with E-state index in [1.807, 2.05) is 0 Å². The van der Waals surface area contributed by atoms with Crippen molar-refractivity contribution in [3.05, 3.63) is 0 Å². The Kier molecular flexibility index (Phi) is 82.9. The molecule has 0 aliphatic carbocycles. The quantitative estimate of drug-likeness (QED) is 0.375. The summed E-state index contributed by atoms with van der Waals surface area (Å²) in [6.45, 7) is 0. The first-order valence-corrected chi connectivity index (χ1v) is 5.89. The minimum atomic E-state index is -1.72. The van der Waals surface area contributed by atoms with Crippen molar-refractivity contribution >= 4 is 41.5 Å². The Morgan fingerprint density at radius 3 is 0.875 bits per heavy atom. The second-order valence-corrected chi connectivity index (χ2v) is 6.68. The number of halogens is 5. The van der Waals surface area contributed by atoms with Crippen LogP contribution in [0.2, 0.25) is 0 Å². The van der Waals surface area contributed by atoms with Crippen LogP contribution in [0.4, 0.5) is 0 Å². The minimum Gasteiger partial charge on any atom is -1.00 e. The molecule has 0 spiro atoms. The van der Waals surface area contributed by atoms with E-state index in [1.165, 1.54) is 0 Å². The smallest absolute Gasteiger partial charge is 1.00 e. The van der Waals surface area contributed by atoms with E-state index in [4.69, 9.17) is 30.1 Å². The van der Waals surface area contributed by atoms with Crippen LogP contribution in [0.3, 0.4) is 0 Å². The van der Waals surface area contributed by atoms with Crippen LogP contribution in [0.15, 0.2) is 0 Å². The van der Waals surface area contributed by atoms with E-state index in [-0.39, 0.29) is 95.1 Å². The van der Waals surface area contributed by atoms with E-state index < -0.39 is 11.4 Å². The van der Waals surface area contributed by atoms with Gasteiger partial charge in [0, 0.05) is 0 Å². The van der Waals surface area contributed by atoms with Gasteiger partial charge >= 0.3 is 81.6 Å². The maximum Gasteiger partial charge on any atom is 1.00 e. The molecule has 0 N–H and O–H groups in total. The third-order valence-electron chi connectivity index (χ3n) is 0. The summed E-state index contributed by atoms with van der Waals surface area (Å²) in [4.78, 5) is 0. The molecule has 0 nitrogen and oxygen atoms in total. The van der Waals surface area contributed by atoms with Crippen LogP contribution in [0, 0.1) is 0 Å². The van der Waals surface area contributed by atoms with E-state index in [2.05, 4.69) is 0 Å². The fraction of sp³-hybridized carbons (Fsp3) is 0. The second kappa shape index (κ2) is 22.5. The van der Waals surface area contributed by atoms with Crippen molar-refractivity contribution in [3.8, 4) is 0 Å². The molecule has 0 amide bonds. The molecule has 0 bridgehead atoms. The first-order valence-electron chi connectivity index (χ1n) is 0.655. The van der Waals surface area contributed by atoms with E-state index in [1.54, 1.807) is 0 Å². The summed E-state index contributed by atoms with van der Waals surface area (Å²) in [6.07, 6.45) is 0. The molecule has 0 aliphatic rings. The second-order valence-electron chi connectivity index (χ2n) is 0.247. The third kappa shape index (κ3) is 48.8. The van der Waals surface area contributed by atoms with Gasteiger partial charge in [0.25, 0.3) is 0 Å². The molecule has 40 valence electrons. The maximum absolute atomic E-state index is 4.94. The van der Waals surface area contributed by atoms with E-state index in [0.29, 0.717) is 0 Å². The van der Waals surface area contributed by atoms with Gasteiger partial charge in [-0.15, -0.1) is 0 Å². The zero-order valence-electron chi connectivity index (χ0n) is 4.47. The van der Waals surface area contributed by atoms with E-state index in [0.717, 1.165) is 0 Å². The SMILES string of the molecule is [Cl-].[Cl-].[Cl][Al]([Cl])[Cl].[K+].[Li+]. The van der Waals surface area contributed by atoms with Gasteiger partial charge in [0.05, 0.1) is 0 Å². The monoisotopic (exact) mass is 248 g/mol. The van der Waals surface area contributed by atoms with Gasteiger partial charge in [-0.2, -0.15) is 0 Å². The van der Waals surface area contributed by atoms with Crippen molar-refractivity contribution in [3.63, 3.8) is 0 Å². The number of rotatable bonds is 0. The van der Waals surface area contributed by atoms with Gasteiger partial charge < -0.3 is 24.8 Å². The molecule has 0 aromatic heterocycles. The molecule has 0 saturated heterocycles. The number of hydrogen-bond donors (Lipinski definition) is 0. The van der Waals surface area contributed by atoms with Gasteiger partial charge in [0.15, 0.2) is 0 Å². The Morgan fingerprint density at radius 1 is 0.875 bits per heavy atom. The zero-order valence-corrected chi connectivity index (χ0v) is 12.5. The molecule has 8 heavy (non-hydrogen) atoms. The zero-order chi connectivity index (χ0) is 3.58. The summed E-state index contributed by atoms with van der Waals surface area (Å²) < 4.78 is 0. The molecule has 0 aromatic rings. The fourth-order valence-electron chi connectivity index (χ4n) is 0. The average molecular weight is 250 g/mol. The normalized spacial score (nSPS) is 3.38. The molecule has 8 heteroatoms. The summed E-state index contributed by atoms with van der Waals surface area (Å²) in [7, 11) is 14.8. The first-order chi connectivity index (χ1) is 1.73. The molecule has 0 radical (unpaired) electrons. The Labute approximate surface area is 133 Å². The van der Waals surface area contributed by atoms with Crippen molar-refractivity contribution in [2.24, 2.45) is 0 Å². The molecular formula is AlCl5KLi. The Hall–Kier alpha value is 4.22. The van der Waals surface area contributed by atoms with Gasteiger partial charge in [-0.25, -0.2) is 30.1 Å². The molecule has 0 saturated carbocycles. The summed E-state index contributed by atoms with van der Waals surface area (Å²) in [5, 5.41) is 0. The van der Waals surface area contributed by atoms with Crippen molar-refractivity contribution in [1.82, 2.24) is 0 Å². The Bertz CT molecular complexity index is 17.1. The topological polar surface area (TPSA) is 0 Å². The predicted octanol–water partition coefficient (Wildman–Crippen LogP) is -10.3. The molecular weight excluding hydrogens is 250 g/mol. The van der Waals surface area contributed by atoms with Gasteiger partial charge in [0.1, 0.15) is 0 Å². The molecule has 0 rings (SSSR count). The van der Waals surface area contributed by atoms with E-state index in [9.17, 15) is 0 Å². The van der Waals surface area contributed by atoms with E-state index >= 15 is 0 Å². The predicted molar refractivity (Wildman–Crippen MR) is 23.3 cm³/mol.